The number of nitrogens with zero attached hydrogens (tertiary/aromatic N) is 7. The largest absolute Gasteiger partial charge is 0.481 e. The average Bonchev–Trinajstić information content (AvgIpc) is 3.64. The van der Waals surface area contributed by atoms with Gasteiger partial charge in [-0.05, 0) is 42.7 Å². The molecule has 13 heteroatoms. The van der Waals surface area contributed by atoms with Crippen LogP contribution in [0.15, 0.2) is 41.2 Å². The van der Waals surface area contributed by atoms with Crippen molar-refractivity contribution in [2.75, 3.05) is 42.5 Å². The molecule has 4 heterocycles. The van der Waals surface area contributed by atoms with Crippen molar-refractivity contribution in [1.82, 2.24) is 25.0 Å². The van der Waals surface area contributed by atoms with Gasteiger partial charge in [0.2, 0.25) is 5.89 Å². The van der Waals surface area contributed by atoms with Crippen LogP contribution < -0.4 is 9.80 Å². The Morgan fingerprint density at radius 3 is 2.56 bits per heavy atom. The molecule has 2 aromatic carbocycles. The average molecular weight is 592 g/mol. The van der Waals surface area contributed by atoms with Gasteiger partial charge < -0.3 is 19.4 Å². The second-order valence-electron chi connectivity index (χ2n) is 11.2. The summed E-state index contributed by atoms with van der Waals surface area (Å²) < 4.78 is 36.3. The second-order valence-corrected chi connectivity index (χ2v) is 11.2. The molecule has 0 aliphatic carbocycles. The number of fused-ring (bicyclic) bond motifs is 1. The highest BCUT2D eigenvalue weighted by Gasteiger charge is 2.32. The smallest absolute Gasteiger partial charge is 0.324 e. The zero-order chi connectivity index (χ0) is 30.2. The van der Waals surface area contributed by atoms with E-state index in [1.54, 1.807) is 12.1 Å². The summed E-state index contributed by atoms with van der Waals surface area (Å²) in [5.74, 6) is -0.0431. The standard InChI is InChI=1S/C30H31F2N7O4/c1-17(2)27-35-29(43-36-27)18-7-10-37(11-8-18)28-25-21(31)5-4-20(26(25)33-16-34-28)19-3-6-23(22(32)15-19)39-14-13-38(30(39)42)12-9-24(40)41/h3-6,15-18H,7-14H2,1-2H3,(H,40,41). The molecule has 0 atom stereocenters. The number of hydrogen-bond acceptors (Lipinski definition) is 8. The SMILES string of the molecule is CC(C)c1noc(C2CCN(c3ncnc4c(-c5ccc(N6CCN(CCC(=O)O)C6=O)c(F)c5)ccc(F)c34)CC2)n1. The first-order valence-corrected chi connectivity index (χ1v) is 14.3. The number of carbonyl (C=O) groups is 2. The Morgan fingerprint density at radius 2 is 1.86 bits per heavy atom. The number of amides is 2. The Kier molecular flexibility index (Phi) is 7.63. The number of benzene rings is 2. The number of anilines is 2. The van der Waals surface area contributed by atoms with E-state index in [-0.39, 0.29) is 42.4 Å². The molecule has 2 aliphatic rings. The number of carboxylic acid groups (broad SMARTS) is 1. The predicted octanol–water partition coefficient (Wildman–Crippen LogP) is 5.18. The monoisotopic (exact) mass is 591 g/mol. The lowest BCUT2D eigenvalue weighted by molar-refractivity contribution is -0.137. The van der Waals surface area contributed by atoms with Crippen LogP contribution in [-0.4, -0.2) is 74.8 Å². The Balaban J connectivity index is 1.24. The first-order chi connectivity index (χ1) is 20.7. The molecule has 0 unspecified atom stereocenters. The molecule has 0 saturated carbocycles. The molecule has 0 spiro atoms. The van der Waals surface area contributed by atoms with Crippen molar-refractivity contribution in [2.24, 2.45) is 0 Å². The third-order valence-corrected chi connectivity index (χ3v) is 8.08. The summed E-state index contributed by atoms with van der Waals surface area (Å²) in [4.78, 5) is 41.7. The lowest BCUT2D eigenvalue weighted by Gasteiger charge is -2.32. The summed E-state index contributed by atoms with van der Waals surface area (Å²) in [7, 11) is 0. The van der Waals surface area contributed by atoms with E-state index < -0.39 is 23.6 Å². The van der Waals surface area contributed by atoms with E-state index >= 15 is 8.78 Å². The van der Waals surface area contributed by atoms with Crippen LogP contribution in [-0.2, 0) is 4.79 Å². The van der Waals surface area contributed by atoms with Gasteiger partial charge in [0.05, 0.1) is 23.0 Å². The highest BCUT2D eigenvalue weighted by Crippen LogP contribution is 2.37. The zero-order valence-electron chi connectivity index (χ0n) is 23.8. The van der Waals surface area contributed by atoms with Crippen LogP contribution in [0.4, 0.5) is 25.1 Å². The fourth-order valence-corrected chi connectivity index (χ4v) is 5.72. The van der Waals surface area contributed by atoms with E-state index in [0.717, 1.165) is 12.8 Å². The van der Waals surface area contributed by atoms with Gasteiger partial charge >= 0.3 is 12.0 Å². The number of halogens is 2. The molecule has 2 fully saturated rings. The van der Waals surface area contributed by atoms with Gasteiger partial charge in [-0.25, -0.2) is 23.5 Å². The summed E-state index contributed by atoms with van der Waals surface area (Å²) in [5.41, 5.74) is 1.46. The minimum absolute atomic E-state index is 0.0572. The molecule has 2 amide bonds. The highest BCUT2D eigenvalue weighted by atomic mass is 19.1. The summed E-state index contributed by atoms with van der Waals surface area (Å²) in [6.07, 6.45) is 2.68. The molecule has 2 saturated heterocycles. The highest BCUT2D eigenvalue weighted by molar-refractivity contribution is 6.00. The van der Waals surface area contributed by atoms with Crippen LogP contribution in [0, 0.1) is 11.6 Å². The van der Waals surface area contributed by atoms with Gasteiger partial charge in [0.15, 0.2) is 5.82 Å². The zero-order valence-corrected chi connectivity index (χ0v) is 23.8. The first-order valence-electron chi connectivity index (χ1n) is 14.3. The Morgan fingerprint density at radius 1 is 1.07 bits per heavy atom. The Hall–Kier alpha value is -4.68. The third-order valence-electron chi connectivity index (χ3n) is 8.08. The van der Waals surface area contributed by atoms with E-state index in [4.69, 9.17) is 9.63 Å². The summed E-state index contributed by atoms with van der Waals surface area (Å²) >= 11 is 0. The van der Waals surface area contributed by atoms with E-state index in [2.05, 4.69) is 20.1 Å². The molecule has 4 aromatic rings. The van der Waals surface area contributed by atoms with Crippen LogP contribution in [0.1, 0.15) is 56.7 Å². The molecular weight excluding hydrogens is 560 g/mol. The van der Waals surface area contributed by atoms with Gasteiger partial charge in [-0.15, -0.1) is 0 Å². The van der Waals surface area contributed by atoms with Gasteiger partial charge in [-0.2, -0.15) is 4.98 Å². The van der Waals surface area contributed by atoms with Gasteiger partial charge in [-0.3, -0.25) is 9.69 Å². The summed E-state index contributed by atoms with van der Waals surface area (Å²) in [5, 5.41) is 13.3. The van der Waals surface area contributed by atoms with E-state index in [9.17, 15) is 9.59 Å². The second kappa shape index (κ2) is 11.5. The minimum atomic E-state index is -1.01. The van der Waals surface area contributed by atoms with Gasteiger partial charge in [0.1, 0.15) is 23.8 Å². The van der Waals surface area contributed by atoms with E-state index in [1.807, 2.05) is 18.7 Å². The lowest BCUT2D eigenvalue weighted by Crippen LogP contribution is -2.34. The molecule has 2 aromatic heterocycles. The maximum absolute atomic E-state index is 15.4. The molecule has 2 aliphatic heterocycles. The molecule has 224 valence electrons. The van der Waals surface area contributed by atoms with Crippen molar-refractivity contribution in [3.8, 4) is 11.1 Å². The summed E-state index contributed by atoms with van der Waals surface area (Å²) in [6, 6.07) is 6.93. The van der Waals surface area contributed by atoms with Gasteiger partial charge in [0.25, 0.3) is 0 Å². The number of hydrogen-bond donors (Lipinski definition) is 1. The first kappa shape index (κ1) is 28.4. The number of carboxylic acids is 1. The molecule has 0 bridgehead atoms. The number of piperidine rings is 1. The van der Waals surface area contributed by atoms with E-state index in [1.165, 1.54) is 34.3 Å². The van der Waals surface area contributed by atoms with Gasteiger partial charge in [0, 0.05) is 50.1 Å². The van der Waals surface area contributed by atoms with Crippen molar-refractivity contribution >= 4 is 34.4 Å². The normalized spacial score (nSPS) is 16.2. The maximum Gasteiger partial charge on any atom is 0.324 e. The van der Waals surface area contributed by atoms with Crippen LogP contribution in [0.2, 0.25) is 0 Å². The number of rotatable bonds is 8. The van der Waals surface area contributed by atoms with Crippen LogP contribution in [0.25, 0.3) is 22.0 Å². The van der Waals surface area contributed by atoms with Crippen molar-refractivity contribution in [2.45, 2.75) is 44.9 Å². The number of aliphatic carboxylic acids is 1. The molecule has 11 nitrogen and oxygen atoms in total. The lowest BCUT2D eigenvalue weighted by atomic mass is 9.96. The minimum Gasteiger partial charge on any atom is -0.481 e. The fourth-order valence-electron chi connectivity index (χ4n) is 5.72. The molecule has 43 heavy (non-hydrogen) atoms. The van der Waals surface area contributed by atoms with E-state index in [0.29, 0.717) is 53.8 Å². The molecule has 1 N–H and O–H groups in total. The van der Waals surface area contributed by atoms with Crippen molar-refractivity contribution < 1.29 is 28.0 Å². The van der Waals surface area contributed by atoms with Crippen molar-refractivity contribution in [3.63, 3.8) is 0 Å². The van der Waals surface area contributed by atoms with Crippen molar-refractivity contribution in [3.05, 3.63) is 60.0 Å². The number of carbonyl (C=O) groups excluding carboxylic acids is 1. The molecule has 0 radical (unpaired) electrons. The van der Waals surface area contributed by atoms with Crippen molar-refractivity contribution in [1.29, 1.82) is 0 Å². The van der Waals surface area contributed by atoms with Crippen LogP contribution >= 0.6 is 0 Å². The maximum atomic E-state index is 15.4. The number of urea groups is 1. The van der Waals surface area contributed by atoms with Crippen LogP contribution in [0.3, 0.4) is 0 Å². The predicted molar refractivity (Wildman–Crippen MR) is 154 cm³/mol. The molecular formula is C30H31F2N7O4. The topological polar surface area (TPSA) is 129 Å². The number of aromatic nitrogens is 4. The summed E-state index contributed by atoms with van der Waals surface area (Å²) in [6.45, 7) is 5.84. The fraction of sp³-hybridized carbons (Fsp3) is 0.400. The third kappa shape index (κ3) is 5.46. The Labute approximate surface area is 246 Å². The quantitative estimate of drug-likeness (QED) is 0.295. The Bertz CT molecular complexity index is 1690. The van der Waals surface area contributed by atoms with Gasteiger partial charge in [-0.1, -0.05) is 25.1 Å². The molecule has 6 rings (SSSR count). The van der Waals surface area contributed by atoms with Crippen LogP contribution in [0.5, 0.6) is 0 Å².